The van der Waals surface area contributed by atoms with E-state index in [0.29, 0.717) is 0 Å². The second-order valence-electron chi connectivity index (χ2n) is 6.52. The van der Waals surface area contributed by atoms with Gasteiger partial charge in [0, 0.05) is 24.4 Å². The van der Waals surface area contributed by atoms with Crippen LogP contribution < -0.4 is 45.7 Å². The van der Waals surface area contributed by atoms with Crippen LogP contribution in [0.1, 0.15) is 6.42 Å². The number of carboxylic acids is 1. The van der Waals surface area contributed by atoms with Crippen LogP contribution in [0.3, 0.4) is 0 Å². The predicted octanol–water partition coefficient (Wildman–Crippen LogP) is -6.25. The summed E-state index contributed by atoms with van der Waals surface area (Å²) in [7, 11) is 1.23. The van der Waals surface area contributed by atoms with Gasteiger partial charge in [0.2, 0.25) is 5.72 Å². The standard InChI is InChI=1S/C16H20N6O7S.Na/c1-18-10(6-30-7-17)12(20-28-2)13(24)19-9-5-21-4-8-3-11(23)29-16(8,15(26)27)22(21)14(9)25;/h6,8-9H,1,3-5,7,17H2,2H3,(H,19,24)(H,26,27);/q;+1/p-1/b10-6-,20-12-;/t8-,9-,16+;/m0./s1. The number of oxime groups is 1. The third-order valence-electron chi connectivity index (χ3n) is 4.86. The predicted molar refractivity (Wildman–Crippen MR) is 101 cm³/mol. The first-order valence-corrected chi connectivity index (χ1v) is 9.78. The van der Waals surface area contributed by atoms with Crippen molar-refractivity contribution < 1.29 is 63.4 Å². The number of rotatable bonds is 8. The number of ether oxygens (including phenoxy) is 1. The summed E-state index contributed by atoms with van der Waals surface area (Å²) in [5.74, 6) is -4.51. The monoisotopic (exact) mass is 462 g/mol. The van der Waals surface area contributed by atoms with E-state index in [1.54, 1.807) is 0 Å². The molecule has 3 rings (SSSR count). The van der Waals surface area contributed by atoms with Gasteiger partial charge in [-0.15, -0.1) is 11.8 Å². The molecule has 0 aromatic heterocycles. The molecule has 3 N–H and O–H groups in total. The summed E-state index contributed by atoms with van der Waals surface area (Å²) in [6.07, 6.45) is -0.145. The van der Waals surface area contributed by atoms with Crippen LogP contribution >= 0.6 is 11.8 Å². The average Bonchev–Trinajstić information content (AvgIpc) is 3.28. The zero-order valence-corrected chi connectivity index (χ0v) is 19.7. The fraction of sp³-hybridized carbons (Fsp3) is 0.500. The minimum absolute atomic E-state index is 0. The first-order chi connectivity index (χ1) is 14.3. The number of esters is 1. The third kappa shape index (κ3) is 4.36. The summed E-state index contributed by atoms with van der Waals surface area (Å²) in [6.45, 7) is 3.44. The van der Waals surface area contributed by atoms with Crippen molar-refractivity contribution in [2.24, 2.45) is 21.8 Å². The van der Waals surface area contributed by atoms with E-state index in [0.717, 1.165) is 16.8 Å². The Hall–Kier alpha value is -1.97. The Kier molecular flexibility index (Phi) is 8.24. The van der Waals surface area contributed by atoms with Gasteiger partial charge in [-0.25, -0.2) is 10.0 Å². The van der Waals surface area contributed by atoms with Crippen molar-refractivity contribution in [2.75, 3.05) is 26.1 Å². The molecule has 3 aliphatic rings. The minimum atomic E-state index is -2.21. The summed E-state index contributed by atoms with van der Waals surface area (Å²) >= 11 is 1.14. The van der Waals surface area contributed by atoms with Gasteiger partial charge in [0.1, 0.15) is 24.8 Å². The molecule has 0 unspecified atom stereocenters. The van der Waals surface area contributed by atoms with Crippen LogP contribution in [0, 0.1) is 5.92 Å². The molecular weight excluding hydrogens is 443 g/mol. The summed E-state index contributed by atoms with van der Waals surface area (Å²) in [6, 6.07) is -1.12. The molecule has 0 bridgehead atoms. The molecule has 0 aromatic carbocycles. The normalized spacial score (nSPS) is 27.9. The number of hydrogen-bond donors (Lipinski definition) is 2. The number of carbonyl (C=O) groups is 4. The number of carboxylic acid groups (broad SMARTS) is 1. The van der Waals surface area contributed by atoms with Gasteiger partial charge in [0.05, 0.1) is 12.3 Å². The molecule has 3 aliphatic heterocycles. The van der Waals surface area contributed by atoms with Gasteiger partial charge in [-0.1, -0.05) is 5.16 Å². The molecule has 13 nitrogen and oxygen atoms in total. The molecule has 3 heterocycles. The smallest absolute Gasteiger partial charge is 0.544 e. The molecule has 3 fully saturated rings. The van der Waals surface area contributed by atoms with Gasteiger partial charge in [-0.05, 0) is 6.72 Å². The molecule has 3 atom stereocenters. The average molecular weight is 462 g/mol. The number of thioether (sulfide) groups is 1. The Bertz CT molecular complexity index is 867. The Morgan fingerprint density at radius 3 is 2.77 bits per heavy atom. The molecule has 0 spiro atoms. The van der Waals surface area contributed by atoms with Crippen LogP contribution in [0.15, 0.2) is 21.3 Å². The Morgan fingerprint density at radius 1 is 1.48 bits per heavy atom. The van der Waals surface area contributed by atoms with Gasteiger partial charge in [0.25, 0.3) is 11.8 Å². The van der Waals surface area contributed by atoms with Crippen LogP contribution in [0.2, 0.25) is 0 Å². The molecule has 162 valence electrons. The molecule has 0 saturated carbocycles. The Labute approximate surface area is 203 Å². The Morgan fingerprint density at radius 2 is 2.19 bits per heavy atom. The van der Waals surface area contributed by atoms with E-state index >= 15 is 0 Å². The van der Waals surface area contributed by atoms with E-state index in [4.69, 9.17) is 10.5 Å². The van der Waals surface area contributed by atoms with Crippen molar-refractivity contribution in [3.63, 3.8) is 0 Å². The maximum Gasteiger partial charge on any atom is 1.00 e. The number of amides is 2. The van der Waals surface area contributed by atoms with Crippen molar-refractivity contribution >= 4 is 47.9 Å². The minimum Gasteiger partial charge on any atom is -0.544 e. The molecular formula is C16H19N6NaO7S. The SMILES string of the molecule is C=NC(=C\SCN)/C(=N/OC)C(=O)N[C@H]1CN2C[C@@H]3CC(=O)O[C@]3(C(=O)[O-])N2C1=O.[Na+]. The van der Waals surface area contributed by atoms with E-state index in [-0.39, 0.29) is 66.4 Å². The van der Waals surface area contributed by atoms with Crippen molar-refractivity contribution in [1.29, 1.82) is 0 Å². The molecule has 2 amide bonds. The fourth-order valence-electron chi connectivity index (χ4n) is 3.70. The number of nitrogens with zero attached hydrogens (tertiary/aromatic N) is 4. The van der Waals surface area contributed by atoms with Crippen LogP contribution in [-0.2, 0) is 28.8 Å². The van der Waals surface area contributed by atoms with E-state index in [2.05, 4.69) is 27.0 Å². The second kappa shape index (κ2) is 10.1. The van der Waals surface area contributed by atoms with Gasteiger partial charge < -0.3 is 30.5 Å². The van der Waals surface area contributed by atoms with Gasteiger partial charge in [-0.3, -0.25) is 19.4 Å². The summed E-state index contributed by atoms with van der Waals surface area (Å²) in [5, 5.41) is 21.6. The van der Waals surface area contributed by atoms with Crippen LogP contribution in [0.5, 0.6) is 0 Å². The van der Waals surface area contributed by atoms with Crippen molar-refractivity contribution in [3.05, 3.63) is 11.1 Å². The number of aliphatic carboxylic acids is 1. The summed E-state index contributed by atoms with van der Waals surface area (Å²) < 4.78 is 5.02. The second-order valence-corrected chi connectivity index (χ2v) is 7.43. The topological polar surface area (TPSA) is 179 Å². The van der Waals surface area contributed by atoms with E-state index < -0.39 is 41.4 Å². The van der Waals surface area contributed by atoms with Gasteiger partial charge in [0.15, 0.2) is 5.71 Å². The molecule has 15 heteroatoms. The van der Waals surface area contributed by atoms with Crippen molar-refractivity contribution in [1.82, 2.24) is 15.3 Å². The molecule has 3 saturated heterocycles. The van der Waals surface area contributed by atoms with Gasteiger partial charge >= 0.3 is 35.5 Å². The molecule has 31 heavy (non-hydrogen) atoms. The third-order valence-corrected chi connectivity index (χ3v) is 5.45. The molecule has 0 aliphatic carbocycles. The van der Waals surface area contributed by atoms with Gasteiger partial charge in [-0.2, -0.15) is 0 Å². The maximum atomic E-state index is 12.9. The maximum absolute atomic E-state index is 12.9. The summed E-state index contributed by atoms with van der Waals surface area (Å²) in [5.41, 5.74) is 3.04. The number of fused-ring (bicyclic) bond motifs is 3. The van der Waals surface area contributed by atoms with Crippen LogP contribution in [0.4, 0.5) is 0 Å². The zero-order chi connectivity index (χ0) is 22.1. The molecule has 0 aromatic rings. The van der Waals surface area contributed by atoms with Crippen molar-refractivity contribution in [3.8, 4) is 0 Å². The number of aliphatic imine (C=N–C) groups is 1. The van der Waals surface area contributed by atoms with E-state index in [9.17, 15) is 24.3 Å². The van der Waals surface area contributed by atoms with Crippen molar-refractivity contribution in [2.45, 2.75) is 18.2 Å². The first-order valence-electron chi connectivity index (χ1n) is 8.73. The molecule has 0 radical (unpaired) electrons. The number of hydrogen-bond acceptors (Lipinski definition) is 12. The Balaban J connectivity index is 0.00000341. The summed E-state index contributed by atoms with van der Waals surface area (Å²) in [4.78, 5) is 57.5. The first kappa shape index (κ1) is 25.3. The number of nitrogens with two attached hydrogens (primary N) is 1. The number of hydrazine groups is 1. The number of carbonyl (C=O) groups excluding carboxylic acids is 4. The largest absolute Gasteiger partial charge is 1.00 e. The van der Waals surface area contributed by atoms with Crippen LogP contribution in [0.25, 0.3) is 0 Å². The van der Waals surface area contributed by atoms with E-state index in [1.165, 1.54) is 17.5 Å². The quantitative estimate of drug-likeness (QED) is 0.116. The fourth-order valence-corrected chi connectivity index (χ4v) is 4.14. The number of nitrogens with one attached hydrogen (secondary N) is 1. The van der Waals surface area contributed by atoms with E-state index in [1.807, 2.05) is 0 Å². The zero-order valence-electron chi connectivity index (χ0n) is 16.9. The van der Waals surface area contributed by atoms with Crippen LogP contribution in [-0.4, -0.2) is 84.0 Å².